The second-order valence-corrected chi connectivity index (χ2v) is 7.10. The van der Waals surface area contributed by atoms with E-state index in [1.54, 1.807) is 0 Å². The molecule has 4 nitrogen and oxygen atoms in total. The fourth-order valence-corrected chi connectivity index (χ4v) is 5.70. The Kier molecular flexibility index (Phi) is 2.48. The van der Waals surface area contributed by atoms with E-state index in [1.807, 2.05) is 0 Å². The third kappa shape index (κ3) is 1.91. The smallest absolute Gasteiger partial charge is 0.303 e. The molecule has 0 spiro atoms. The standard InChI is InChI=1S/C14H20O4/c15-11(16)6-13-2-9-1-10(4-13)5-14(3-9,8-13)7-12(17)18/h9-10H,1-8H2,(H,15,16)(H,17,18). The van der Waals surface area contributed by atoms with Gasteiger partial charge in [-0.15, -0.1) is 0 Å². The molecule has 2 N–H and O–H groups in total. The number of aliphatic carboxylic acids is 2. The van der Waals surface area contributed by atoms with Crippen molar-refractivity contribution in [1.29, 1.82) is 0 Å². The van der Waals surface area contributed by atoms with Gasteiger partial charge in [-0.1, -0.05) is 0 Å². The van der Waals surface area contributed by atoms with Gasteiger partial charge >= 0.3 is 11.9 Å². The van der Waals surface area contributed by atoms with Crippen molar-refractivity contribution in [2.75, 3.05) is 0 Å². The highest BCUT2D eigenvalue weighted by Gasteiger charge is 2.58. The summed E-state index contributed by atoms with van der Waals surface area (Å²) >= 11 is 0. The Morgan fingerprint density at radius 2 is 1.28 bits per heavy atom. The maximum absolute atomic E-state index is 11.1. The van der Waals surface area contributed by atoms with Crippen LogP contribution in [-0.4, -0.2) is 22.2 Å². The summed E-state index contributed by atoms with van der Waals surface area (Å²) in [7, 11) is 0. The molecule has 0 aromatic heterocycles. The molecule has 4 saturated carbocycles. The Morgan fingerprint density at radius 1 is 0.889 bits per heavy atom. The molecule has 18 heavy (non-hydrogen) atoms. The van der Waals surface area contributed by atoms with Crippen molar-refractivity contribution in [3.05, 3.63) is 0 Å². The molecule has 4 aliphatic carbocycles. The van der Waals surface area contributed by atoms with Gasteiger partial charge in [-0.3, -0.25) is 9.59 Å². The molecule has 0 aromatic carbocycles. The van der Waals surface area contributed by atoms with Crippen molar-refractivity contribution >= 4 is 11.9 Å². The number of carbonyl (C=O) groups is 2. The van der Waals surface area contributed by atoms with Gasteiger partial charge in [0.05, 0.1) is 12.8 Å². The summed E-state index contributed by atoms with van der Waals surface area (Å²) in [6.45, 7) is 0. The van der Waals surface area contributed by atoms with E-state index in [1.165, 1.54) is 6.42 Å². The van der Waals surface area contributed by atoms with E-state index in [0.29, 0.717) is 11.8 Å². The second-order valence-electron chi connectivity index (χ2n) is 7.10. The summed E-state index contributed by atoms with van der Waals surface area (Å²) in [6, 6.07) is 0. The summed E-state index contributed by atoms with van der Waals surface area (Å²) in [5.74, 6) is -0.292. The minimum Gasteiger partial charge on any atom is -0.481 e. The Labute approximate surface area is 106 Å². The van der Waals surface area contributed by atoms with Crippen LogP contribution in [0, 0.1) is 22.7 Å². The third-order valence-corrected chi connectivity index (χ3v) is 5.36. The van der Waals surface area contributed by atoms with Crippen LogP contribution in [-0.2, 0) is 9.59 Å². The zero-order chi connectivity index (χ0) is 13.0. The second kappa shape index (κ2) is 3.72. The maximum atomic E-state index is 11.1. The topological polar surface area (TPSA) is 74.6 Å². The summed E-state index contributed by atoms with van der Waals surface area (Å²) < 4.78 is 0. The van der Waals surface area contributed by atoms with Crippen molar-refractivity contribution in [2.45, 2.75) is 51.4 Å². The average Bonchev–Trinajstić information content (AvgIpc) is 2.08. The highest BCUT2D eigenvalue weighted by molar-refractivity contribution is 5.69. The lowest BCUT2D eigenvalue weighted by Crippen LogP contribution is -2.53. The summed E-state index contributed by atoms with van der Waals surface area (Å²) in [6.07, 6.45) is 6.54. The van der Waals surface area contributed by atoms with Crippen LogP contribution in [0.4, 0.5) is 0 Å². The molecular formula is C14H20O4. The van der Waals surface area contributed by atoms with Crippen molar-refractivity contribution in [3.8, 4) is 0 Å². The zero-order valence-corrected chi connectivity index (χ0v) is 10.5. The van der Waals surface area contributed by atoms with Crippen LogP contribution in [0.2, 0.25) is 0 Å². The van der Waals surface area contributed by atoms with Crippen molar-refractivity contribution in [1.82, 2.24) is 0 Å². The molecule has 4 rings (SSSR count). The lowest BCUT2D eigenvalue weighted by atomic mass is 9.43. The van der Waals surface area contributed by atoms with Crippen LogP contribution < -0.4 is 0 Å². The van der Waals surface area contributed by atoms with Gasteiger partial charge in [0.15, 0.2) is 0 Å². The van der Waals surface area contributed by atoms with E-state index in [-0.39, 0.29) is 23.7 Å². The first kappa shape index (κ1) is 12.0. The fraction of sp³-hybridized carbons (Fsp3) is 0.857. The predicted octanol–water partition coefficient (Wildman–Crippen LogP) is 2.52. The molecule has 0 unspecified atom stereocenters. The van der Waals surface area contributed by atoms with Gasteiger partial charge in [-0.25, -0.2) is 0 Å². The molecule has 4 heteroatoms. The third-order valence-electron chi connectivity index (χ3n) is 5.36. The highest BCUT2D eigenvalue weighted by Crippen LogP contribution is 2.67. The minimum absolute atomic E-state index is 0.0919. The molecule has 0 heterocycles. The predicted molar refractivity (Wildman–Crippen MR) is 64.1 cm³/mol. The molecule has 0 aliphatic heterocycles. The molecule has 4 bridgehead atoms. The average molecular weight is 252 g/mol. The largest absolute Gasteiger partial charge is 0.481 e. The Hall–Kier alpha value is -1.06. The minimum atomic E-state index is -0.720. The van der Waals surface area contributed by atoms with Gasteiger partial charge in [0.1, 0.15) is 0 Å². The van der Waals surface area contributed by atoms with Gasteiger partial charge < -0.3 is 10.2 Å². The van der Waals surface area contributed by atoms with Crippen LogP contribution in [0.1, 0.15) is 51.4 Å². The van der Waals surface area contributed by atoms with E-state index in [2.05, 4.69) is 0 Å². The van der Waals surface area contributed by atoms with E-state index < -0.39 is 11.9 Å². The van der Waals surface area contributed by atoms with Crippen molar-refractivity contribution < 1.29 is 19.8 Å². The molecule has 0 amide bonds. The molecule has 4 fully saturated rings. The summed E-state index contributed by atoms with van der Waals surface area (Å²) in [5, 5.41) is 18.2. The first-order valence-electron chi connectivity index (χ1n) is 6.84. The first-order chi connectivity index (χ1) is 8.40. The summed E-state index contributed by atoms with van der Waals surface area (Å²) in [5.41, 5.74) is -0.184. The lowest BCUT2D eigenvalue weighted by Gasteiger charge is -2.61. The Morgan fingerprint density at radius 3 is 1.61 bits per heavy atom. The molecule has 0 atom stereocenters. The van der Waals surface area contributed by atoms with Crippen LogP contribution >= 0.6 is 0 Å². The summed E-state index contributed by atoms with van der Waals surface area (Å²) in [4.78, 5) is 22.2. The molecule has 4 aliphatic rings. The molecule has 0 saturated heterocycles. The molecule has 0 aromatic rings. The number of carboxylic acids is 2. The number of carboxylic acid groups (broad SMARTS) is 2. The maximum Gasteiger partial charge on any atom is 0.303 e. The molecule has 0 radical (unpaired) electrons. The van der Waals surface area contributed by atoms with E-state index in [0.717, 1.165) is 32.1 Å². The first-order valence-corrected chi connectivity index (χ1v) is 6.84. The lowest BCUT2D eigenvalue weighted by molar-refractivity contribution is -0.160. The van der Waals surface area contributed by atoms with E-state index in [4.69, 9.17) is 10.2 Å². The zero-order valence-electron chi connectivity index (χ0n) is 10.5. The van der Waals surface area contributed by atoms with Gasteiger partial charge in [0.2, 0.25) is 0 Å². The SMILES string of the molecule is O=C(O)CC12CC3CC(C1)CC(CC(=O)O)(C3)C2. The van der Waals surface area contributed by atoms with E-state index >= 15 is 0 Å². The number of hydrogen-bond acceptors (Lipinski definition) is 2. The molecular weight excluding hydrogens is 232 g/mol. The van der Waals surface area contributed by atoms with Gasteiger partial charge in [0.25, 0.3) is 0 Å². The van der Waals surface area contributed by atoms with Crippen LogP contribution in [0.15, 0.2) is 0 Å². The fourth-order valence-electron chi connectivity index (χ4n) is 5.70. The van der Waals surface area contributed by atoms with Crippen LogP contribution in [0.3, 0.4) is 0 Å². The van der Waals surface area contributed by atoms with Crippen molar-refractivity contribution in [2.24, 2.45) is 22.7 Å². The van der Waals surface area contributed by atoms with Crippen molar-refractivity contribution in [3.63, 3.8) is 0 Å². The van der Waals surface area contributed by atoms with Gasteiger partial charge in [-0.05, 0) is 61.2 Å². The Bertz CT molecular complexity index is 353. The van der Waals surface area contributed by atoms with Crippen LogP contribution in [0.5, 0.6) is 0 Å². The number of rotatable bonds is 4. The van der Waals surface area contributed by atoms with Gasteiger partial charge in [-0.2, -0.15) is 0 Å². The highest BCUT2D eigenvalue weighted by atomic mass is 16.4. The number of hydrogen-bond donors (Lipinski definition) is 2. The molecule has 100 valence electrons. The quantitative estimate of drug-likeness (QED) is 0.806. The van der Waals surface area contributed by atoms with Crippen LogP contribution in [0.25, 0.3) is 0 Å². The van der Waals surface area contributed by atoms with E-state index in [9.17, 15) is 9.59 Å². The normalized spacial score (nSPS) is 45.1. The Balaban J connectivity index is 1.87. The monoisotopic (exact) mass is 252 g/mol. The van der Waals surface area contributed by atoms with Gasteiger partial charge in [0, 0.05) is 0 Å².